The molecule has 0 saturated heterocycles. The second kappa shape index (κ2) is 4.58. The van der Waals surface area contributed by atoms with Gasteiger partial charge in [0.2, 0.25) is 5.88 Å². The third-order valence-electron chi connectivity index (χ3n) is 1.26. The quantitative estimate of drug-likeness (QED) is 0.741. The molecule has 0 amide bonds. The van der Waals surface area contributed by atoms with Crippen molar-refractivity contribution in [3.8, 4) is 5.88 Å². The fourth-order valence-electron chi connectivity index (χ4n) is 0.717. The van der Waals surface area contributed by atoms with E-state index < -0.39 is 6.61 Å². The van der Waals surface area contributed by atoms with Gasteiger partial charge in [-0.1, -0.05) is 11.6 Å². The normalized spacial score (nSPS) is 10.5. The number of hydrogen-bond donors (Lipinski definition) is 0. The molecule has 0 N–H and O–H groups in total. The lowest BCUT2D eigenvalue weighted by atomic mass is 10.3. The first-order chi connectivity index (χ1) is 6.13. The van der Waals surface area contributed by atoms with Crippen LogP contribution in [0.5, 0.6) is 5.88 Å². The van der Waals surface area contributed by atoms with E-state index in [1.165, 1.54) is 12.3 Å². The highest BCUT2D eigenvalue weighted by Gasteiger charge is 2.07. The molecule has 6 heteroatoms. The number of hydrogen-bond acceptors (Lipinski definition) is 2. The molecule has 0 atom stereocenters. The molecule has 1 rings (SSSR count). The van der Waals surface area contributed by atoms with Gasteiger partial charge in [-0.15, -0.1) is 11.6 Å². The molecule has 0 unspecified atom stereocenters. The minimum Gasteiger partial charge on any atom is -0.417 e. The molecule has 0 saturated carbocycles. The van der Waals surface area contributed by atoms with E-state index in [9.17, 15) is 8.78 Å². The van der Waals surface area contributed by atoms with Crippen LogP contribution in [0.4, 0.5) is 8.78 Å². The summed E-state index contributed by atoms with van der Waals surface area (Å²) < 4.78 is 27.5. The number of ether oxygens (including phenoxy) is 1. The summed E-state index contributed by atoms with van der Waals surface area (Å²) >= 11 is 11.1. The molecule has 0 radical (unpaired) electrons. The number of rotatable bonds is 3. The van der Waals surface area contributed by atoms with Crippen molar-refractivity contribution in [3.63, 3.8) is 0 Å². The molecule has 0 aromatic carbocycles. The van der Waals surface area contributed by atoms with Gasteiger partial charge in [0.05, 0.1) is 5.02 Å². The molecular weight excluding hydrogens is 223 g/mol. The fourth-order valence-corrected chi connectivity index (χ4v) is 1.18. The summed E-state index contributed by atoms with van der Waals surface area (Å²) in [5.41, 5.74) is 0.508. The molecule has 1 aromatic rings. The average Bonchev–Trinajstić information content (AvgIpc) is 2.07. The number of aromatic nitrogens is 1. The van der Waals surface area contributed by atoms with Crippen molar-refractivity contribution in [1.82, 2.24) is 4.98 Å². The molecule has 1 heterocycles. The fraction of sp³-hybridized carbons (Fsp3) is 0.286. The van der Waals surface area contributed by atoms with Crippen molar-refractivity contribution in [2.24, 2.45) is 0 Å². The van der Waals surface area contributed by atoms with Gasteiger partial charge in [0.15, 0.2) is 0 Å². The Kier molecular flexibility index (Phi) is 3.69. The van der Waals surface area contributed by atoms with Gasteiger partial charge in [-0.05, 0) is 5.56 Å². The van der Waals surface area contributed by atoms with Crippen LogP contribution in [-0.2, 0) is 5.88 Å². The van der Waals surface area contributed by atoms with E-state index in [4.69, 9.17) is 23.2 Å². The maximum atomic E-state index is 11.7. The number of nitrogens with zero attached hydrogens (tertiary/aromatic N) is 1. The first-order valence-corrected chi connectivity index (χ1v) is 4.20. The largest absolute Gasteiger partial charge is 0.417 e. The van der Waals surface area contributed by atoms with Crippen LogP contribution in [0.2, 0.25) is 5.02 Å². The maximum Gasteiger partial charge on any atom is 0.388 e. The second-order valence-corrected chi connectivity index (χ2v) is 2.80. The zero-order chi connectivity index (χ0) is 9.84. The van der Waals surface area contributed by atoms with Crippen molar-refractivity contribution >= 4 is 23.2 Å². The Morgan fingerprint density at radius 1 is 1.54 bits per heavy atom. The average molecular weight is 228 g/mol. The van der Waals surface area contributed by atoms with Gasteiger partial charge in [0, 0.05) is 18.1 Å². The second-order valence-electron chi connectivity index (χ2n) is 2.13. The van der Waals surface area contributed by atoms with Crippen LogP contribution >= 0.6 is 23.2 Å². The van der Waals surface area contributed by atoms with E-state index in [-0.39, 0.29) is 11.8 Å². The summed E-state index contributed by atoms with van der Waals surface area (Å²) in [6.07, 6.45) is 1.22. The third kappa shape index (κ3) is 2.97. The van der Waals surface area contributed by atoms with Crippen molar-refractivity contribution in [3.05, 3.63) is 22.8 Å². The Hall–Kier alpha value is -0.610. The number of pyridine rings is 1. The predicted molar refractivity (Wildman–Crippen MR) is 45.4 cm³/mol. The molecule has 2 nitrogen and oxygen atoms in total. The molecule has 13 heavy (non-hydrogen) atoms. The maximum absolute atomic E-state index is 11.7. The lowest BCUT2D eigenvalue weighted by molar-refractivity contribution is -0.0528. The van der Waals surface area contributed by atoms with Crippen LogP contribution in [0.1, 0.15) is 5.56 Å². The summed E-state index contributed by atoms with van der Waals surface area (Å²) in [6.45, 7) is -2.89. The highest BCUT2D eigenvalue weighted by atomic mass is 35.5. The highest BCUT2D eigenvalue weighted by Crippen LogP contribution is 2.21. The summed E-state index contributed by atoms with van der Waals surface area (Å²) in [5, 5.41) is 0.330. The van der Waals surface area contributed by atoms with Gasteiger partial charge < -0.3 is 4.74 Å². The minimum atomic E-state index is -2.89. The Bertz CT molecular complexity index is 296. The van der Waals surface area contributed by atoms with Gasteiger partial charge in [0.1, 0.15) is 0 Å². The van der Waals surface area contributed by atoms with Crippen molar-refractivity contribution in [1.29, 1.82) is 0 Å². The van der Waals surface area contributed by atoms with Crippen LogP contribution in [0, 0.1) is 0 Å². The molecule has 0 bridgehead atoms. The Balaban J connectivity index is 2.86. The van der Waals surface area contributed by atoms with Crippen LogP contribution < -0.4 is 4.74 Å². The third-order valence-corrected chi connectivity index (χ3v) is 1.89. The molecule has 0 aliphatic rings. The predicted octanol–water partition coefficient (Wildman–Crippen LogP) is 3.08. The summed E-state index contributed by atoms with van der Waals surface area (Å²) in [7, 11) is 0. The summed E-state index contributed by atoms with van der Waals surface area (Å²) in [4.78, 5) is 3.53. The molecular formula is C7H5Cl2F2NO. The van der Waals surface area contributed by atoms with Crippen molar-refractivity contribution < 1.29 is 13.5 Å². The first kappa shape index (κ1) is 10.5. The van der Waals surface area contributed by atoms with Crippen molar-refractivity contribution in [2.75, 3.05) is 0 Å². The van der Waals surface area contributed by atoms with Gasteiger partial charge in [-0.25, -0.2) is 4.98 Å². The van der Waals surface area contributed by atoms with E-state index >= 15 is 0 Å². The zero-order valence-corrected chi connectivity index (χ0v) is 7.82. The van der Waals surface area contributed by atoms with Crippen molar-refractivity contribution in [2.45, 2.75) is 12.5 Å². The van der Waals surface area contributed by atoms with Gasteiger partial charge in [-0.3, -0.25) is 0 Å². The molecule has 72 valence electrons. The Morgan fingerprint density at radius 3 is 2.77 bits per heavy atom. The van der Waals surface area contributed by atoms with E-state index in [1.54, 1.807) is 0 Å². The van der Waals surface area contributed by atoms with E-state index in [0.717, 1.165) is 0 Å². The zero-order valence-electron chi connectivity index (χ0n) is 6.31. The summed E-state index contributed by atoms with van der Waals surface area (Å²) in [6, 6.07) is 1.28. The van der Waals surface area contributed by atoms with Crippen LogP contribution in [-0.4, -0.2) is 11.6 Å². The number of halogens is 4. The summed E-state index contributed by atoms with van der Waals surface area (Å²) in [5.74, 6) is -0.0592. The molecule has 0 aliphatic heterocycles. The van der Waals surface area contributed by atoms with Crippen LogP contribution in [0.3, 0.4) is 0 Å². The first-order valence-electron chi connectivity index (χ1n) is 3.28. The monoisotopic (exact) mass is 227 g/mol. The minimum absolute atomic E-state index is 0.126. The van der Waals surface area contributed by atoms with Gasteiger partial charge >= 0.3 is 6.61 Å². The number of alkyl halides is 3. The lowest BCUT2D eigenvalue weighted by Gasteiger charge is -2.05. The van der Waals surface area contributed by atoms with Gasteiger partial charge in [-0.2, -0.15) is 8.78 Å². The molecule has 0 fully saturated rings. The molecule has 1 aromatic heterocycles. The smallest absolute Gasteiger partial charge is 0.388 e. The standard InChI is InChI=1S/C7H5Cl2F2NO/c8-2-4-1-6(13-7(10)11)12-3-5(4)9/h1,3,7H,2H2. The Labute approximate surface area is 83.4 Å². The lowest BCUT2D eigenvalue weighted by Crippen LogP contribution is -2.03. The van der Waals surface area contributed by atoms with Crippen LogP contribution in [0.15, 0.2) is 12.3 Å². The highest BCUT2D eigenvalue weighted by molar-refractivity contribution is 6.32. The topological polar surface area (TPSA) is 22.1 Å². The Morgan fingerprint density at radius 2 is 2.23 bits per heavy atom. The van der Waals surface area contributed by atoms with Crippen LogP contribution in [0.25, 0.3) is 0 Å². The molecule has 0 spiro atoms. The van der Waals surface area contributed by atoms with E-state index in [1.807, 2.05) is 0 Å². The SMILES string of the molecule is FC(F)Oc1cc(CCl)c(Cl)cn1. The van der Waals surface area contributed by atoms with E-state index in [2.05, 4.69) is 9.72 Å². The van der Waals surface area contributed by atoms with E-state index in [0.29, 0.717) is 10.6 Å². The molecule has 0 aliphatic carbocycles. The van der Waals surface area contributed by atoms with Gasteiger partial charge in [0.25, 0.3) is 0 Å².